The number of hydrogen-bond acceptors (Lipinski definition) is 4. The molecule has 4 heteroatoms. The van der Waals surface area contributed by atoms with Crippen LogP contribution in [0.5, 0.6) is 0 Å². The molecule has 108 heavy (non-hydrogen) atoms. The van der Waals surface area contributed by atoms with Gasteiger partial charge in [-0.25, -0.2) is 0 Å². The van der Waals surface area contributed by atoms with Gasteiger partial charge < -0.3 is 17.7 Å². The van der Waals surface area contributed by atoms with Gasteiger partial charge in [0.1, 0.15) is 44.7 Å². The quantitative estimate of drug-likeness (QED) is 0.118. The van der Waals surface area contributed by atoms with Crippen LogP contribution in [0.25, 0.3) is 252 Å². The van der Waals surface area contributed by atoms with E-state index in [1.807, 2.05) is 18.2 Å². The summed E-state index contributed by atoms with van der Waals surface area (Å²) >= 11 is 0. The predicted molar refractivity (Wildman–Crippen MR) is 454 cm³/mol. The average Bonchev–Trinajstić information content (AvgIpc) is 1.46. The maximum Gasteiger partial charge on any atom is 0.143 e. The number of furan rings is 4. The second-order valence-corrected chi connectivity index (χ2v) is 29.1. The Morgan fingerprint density at radius 1 is 0.130 bits per heavy atom. The second-order valence-electron chi connectivity index (χ2n) is 29.1. The van der Waals surface area contributed by atoms with Crippen molar-refractivity contribution in [2.45, 2.75) is 0 Å². The molecule has 24 rings (SSSR count). The van der Waals surface area contributed by atoms with Crippen LogP contribution in [0, 0.1) is 0 Å². The fourth-order valence-corrected chi connectivity index (χ4v) is 18.6. The zero-order valence-corrected chi connectivity index (χ0v) is 58.1. The third-order valence-corrected chi connectivity index (χ3v) is 23.4. The first kappa shape index (κ1) is 59.1. The molecule has 0 atom stereocenters. The first-order valence-electron chi connectivity index (χ1n) is 37.1. The van der Waals surface area contributed by atoms with Crippen molar-refractivity contribution >= 4 is 174 Å². The van der Waals surface area contributed by atoms with Crippen molar-refractivity contribution in [3.05, 3.63) is 352 Å². The Balaban J connectivity index is 0.674. The van der Waals surface area contributed by atoms with E-state index in [0.29, 0.717) is 0 Å². The van der Waals surface area contributed by atoms with E-state index in [1.165, 1.54) is 70.6 Å². The van der Waals surface area contributed by atoms with Gasteiger partial charge in [0, 0.05) is 54.2 Å². The normalized spacial score (nSPS) is 12.3. The summed E-state index contributed by atoms with van der Waals surface area (Å²) in [5.41, 5.74) is 22.7. The molecule has 4 heterocycles. The van der Waals surface area contributed by atoms with Crippen LogP contribution in [0.2, 0.25) is 0 Å². The van der Waals surface area contributed by atoms with E-state index in [-0.39, 0.29) is 0 Å². The Morgan fingerprint density at radius 3 is 0.991 bits per heavy atom. The van der Waals surface area contributed by atoms with E-state index >= 15 is 0 Å². The van der Waals surface area contributed by atoms with Gasteiger partial charge in [0.25, 0.3) is 0 Å². The molecule has 20 aromatic carbocycles. The van der Waals surface area contributed by atoms with Crippen molar-refractivity contribution in [1.82, 2.24) is 0 Å². The molecule has 0 aliphatic carbocycles. The number of rotatable bonds is 7. The van der Waals surface area contributed by atoms with Crippen molar-refractivity contribution in [2.24, 2.45) is 0 Å². The van der Waals surface area contributed by atoms with Crippen LogP contribution >= 0.6 is 0 Å². The lowest BCUT2D eigenvalue weighted by Crippen LogP contribution is -1.92. The largest absolute Gasteiger partial charge is 0.456 e. The highest BCUT2D eigenvalue weighted by molar-refractivity contribution is 6.28. The Hall–Kier alpha value is -14.3. The van der Waals surface area contributed by atoms with Gasteiger partial charge in [-0.05, 0) is 238 Å². The Morgan fingerprint density at radius 2 is 0.463 bits per heavy atom. The van der Waals surface area contributed by atoms with Crippen molar-refractivity contribution in [3.8, 4) is 77.9 Å². The molecule has 0 N–H and O–H groups in total. The Labute approximate surface area is 617 Å². The zero-order chi connectivity index (χ0) is 70.4. The number of para-hydroxylation sites is 5. The summed E-state index contributed by atoms with van der Waals surface area (Å²) in [4.78, 5) is 0. The molecule has 0 amide bonds. The highest BCUT2D eigenvalue weighted by Gasteiger charge is 2.25. The van der Waals surface area contributed by atoms with E-state index in [1.54, 1.807) is 0 Å². The minimum absolute atomic E-state index is 0.838. The Bertz CT molecular complexity index is 7900. The van der Waals surface area contributed by atoms with Crippen LogP contribution in [-0.4, -0.2) is 0 Å². The molecule has 0 fully saturated rings. The summed E-state index contributed by atoms with van der Waals surface area (Å²) in [5, 5.41) is 27.7. The van der Waals surface area contributed by atoms with Crippen LogP contribution in [-0.2, 0) is 0 Å². The third-order valence-electron chi connectivity index (χ3n) is 23.4. The summed E-state index contributed by atoms with van der Waals surface area (Å²) in [5.74, 6) is 0. The van der Waals surface area contributed by atoms with Crippen LogP contribution in [0.3, 0.4) is 0 Å². The highest BCUT2D eigenvalue weighted by atomic mass is 16.3. The number of hydrogen-bond donors (Lipinski definition) is 0. The maximum atomic E-state index is 6.98. The summed E-state index contributed by atoms with van der Waals surface area (Å²) in [6.45, 7) is 0. The van der Waals surface area contributed by atoms with E-state index in [2.05, 4.69) is 334 Å². The van der Waals surface area contributed by atoms with Gasteiger partial charge >= 0.3 is 0 Å². The highest BCUT2D eigenvalue weighted by Crippen LogP contribution is 2.52. The molecule has 4 nitrogen and oxygen atoms in total. The number of fused-ring (bicyclic) bond motifs is 22. The maximum absolute atomic E-state index is 6.98. The van der Waals surface area contributed by atoms with Gasteiger partial charge in [0.05, 0.1) is 0 Å². The summed E-state index contributed by atoms with van der Waals surface area (Å²) in [6.07, 6.45) is 0. The Kier molecular flexibility index (Phi) is 12.4. The first-order valence-corrected chi connectivity index (χ1v) is 37.1. The van der Waals surface area contributed by atoms with Gasteiger partial charge in [-0.2, -0.15) is 0 Å². The fraction of sp³-hybridized carbons (Fsp3) is 0. The molecule has 0 unspecified atom stereocenters. The summed E-state index contributed by atoms with van der Waals surface area (Å²) < 4.78 is 27.2. The lowest BCUT2D eigenvalue weighted by atomic mass is 9.83. The van der Waals surface area contributed by atoms with E-state index in [4.69, 9.17) is 17.7 Å². The van der Waals surface area contributed by atoms with Crippen molar-refractivity contribution in [2.75, 3.05) is 0 Å². The van der Waals surface area contributed by atoms with Crippen molar-refractivity contribution in [3.63, 3.8) is 0 Å². The monoisotopic (exact) mass is 1370 g/mol. The molecule has 24 aromatic rings. The third kappa shape index (κ3) is 8.62. The lowest BCUT2D eigenvalue weighted by Gasteiger charge is -2.19. The van der Waals surface area contributed by atoms with E-state index in [9.17, 15) is 0 Å². The second kappa shape index (κ2) is 22.6. The summed E-state index contributed by atoms with van der Waals surface area (Å²) in [7, 11) is 0. The predicted octanol–water partition coefficient (Wildman–Crippen LogP) is 30.2. The van der Waals surface area contributed by atoms with Crippen LogP contribution in [0.1, 0.15) is 0 Å². The topological polar surface area (TPSA) is 52.6 Å². The number of benzene rings is 20. The molecule has 0 saturated heterocycles. The van der Waals surface area contributed by atoms with E-state index in [0.717, 1.165) is 181 Å². The van der Waals surface area contributed by atoms with Gasteiger partial charge in [0.2, 0.25) is 0 Å². The molecule has 0 bridgehead atoms. The molecule has 4 aromatic heterocycles. The molecule has 498 valence electrons. The van der Waals surface area contributed by atoms with Crippen molar-refractivity contribution in [1.29, 1.82) is 0 Å². The molecular weight excluding hydrogens is 1310 g/mol. The molecule has 0 saturated carbocycles. The lowest BCUT2D eigenvalue weighted by molar-refractivity contribution is 0.668. The minimum Gasteiger partial charge on any atom is -0.456 e. The minimum atomic E-state index is 0.838. The molecule has 0 aliphatic rings. The smallest absolute Gasteiger partial charge is 0.143 e. The van der Waals surface area contributed by atoms with Gasteiger partial charge in [-0.3, -0.25) is 0 Å². The fourth-order valence-electron chi connectivity index (χ4n) is 18.6. The molecular formula is C104H58O4. The van der Waals surface area contributed by atoms with Gasteiger partial charge in [-0.15, -0.1) is 0 Å². The summed E-state index contributed by atoms with van der Waals surface area (Å²) in [6, 6.07) is 129. The van der Waals surface area contributed by atoms with Crippen molar-refractivity contribution < 1.29 is 17.7 Å². The zero-order valence-electron chi connectivity index (χ0n) is 58.1. The van der Waals surface area contributed by atoms with E-state index < -0.39 is 0 Å². The van der Waals surface area contributed by atoms with Crippen LogP contribution < -0.4 is 0 Å². The molecule has 0 aliphatic heterocycles. The SMILES string of the molecule is c1ccc2c(c1)cc(-c1c3cccc(-c4ccc5c(c4)oc4ccccc45)c3cc3c(-c4ccc5c(c4)oc4ccc(-c6ccc7c(c6)cc(-c6c8cccc(-c9cccc%10c9oc9ccccc9%10)c8cc8c(-c9cccc%10c9oc9ccccc9%10)cccc68)c6ccccc67)cc45)cccc13)c1ccccc12. The molecule has 0 spiro atoms. The average molecular weight is 1370 g/mol. The van der Waals surface area contributed by atoms with Crippen LogP contribution in [0.4, 0.5) is 0 Å². The molecule has 0 radical (unpaired) electrons. The standard InChI is InChI=1S/C104H58O4/c1-2-20-65-61(19-1)53-93(71-23-5-3-21-69(65)71)101-80-32-13-28-66(62-44-48-78-75-25-7-10-40-95(75)105-99(78)55-62)88(80)57-89-67(29-14-33-81(89)101)63-45-49-79-92-52-60(46-50-98(92)106-100(79)56-63)59-43-47-68-64(51-59)54-94(72-24-6-4-22-70(68)72)102-82-34-15-30-73(84-36-17-38-86-76-26-8-11-41-96(76)107-103(84)86)90(82)58-91-74(31-16-35-83(91)102)85-37-18-39-87-77-27-9-12-42-97(77)108-104(85)87/h1-58H. The van der Waals surface area contributed by atoms with Crippen LogP contribution in [0.15, 0.2) is 370 Å². The van der Waals surface area contributed by atoms with Gasteiger partial charge in [0.15, 0.2) is 0 Å². The first-order chi connectivity index (χ1) is 53.5. The van der Waals surface area contributed by atoms with Gasteiger partial charge in [-0.1, -0.05) is 267 Å².